The van der Waals surface area contributed by atoms with Crippen molar-refractivity contribution >= 4 is 5.69 Å². The summed E-state index contributed by atoms with van der Waals surface area (Å²) in [7, 11) is 0. The Kier molecular flexibility index (Phi) is 2.97. The van der Waals surface area contributed by atoms with E-state index in [1.807, 2.05) is 36.4 Å². The largest absolute Gasteiger partial charge is 0.266 e. The number of nitrogens with zero attached hydrogens (tertiary/aromatic N) is 1. The minimum atomic E-state index is 0.0505. The van der Waals surface area contributed by atoms with E-state index >= 15 is 0 Å². The van der Waals surface area contributed by atoms with E-state index in [0.29, 0.717) is 0 Å². The topological polar surface area (TPSA) is 45.0 Å². The van der Waals surface area contributed by atoms with Gasteiger partial charge in [-0.05, 0) is 12.1 Å². The van der Waals surface area contributed by atoms with Gasteiger partial charge in [-0.2, -0.15) is 5.26 Å². The van der Waals surface area contributed by atoms with Crippen molar-refractivity contribution in [3.05, 3.63) is 30.3 Å². The van der Waals surface area contributed by atoms with Gasteiger partial charge in [-0.3, -0.25) is 10.3 Å². The monoisotopic (exact) mass is 148 g/mol. The SMILES string of the molecule is N#CCONc1ccccc1. The zero-order valence-corrected chi connectivity index (χ0v) is 5.95. The fourth-order valence-corrected chi connectivity index (χ4v) is 0.658. The molecule has 1 aromatic rings. The molecule has 3 nitrogen and oxygen atoms in total. The third kappa shape index (κ3) is 2.70. The average Bonchev–Trinajstić information content (AvgIpc) is 2.07. The molecule has 0 saturated carbocycles. The van der Waals surface area contributed by atoms with Crippen LogP contribution in [0.25, 0.3) is 0 Å². The van der Waals surface area contributed by atoms with Crippen molar-refractivity contribution in [2.75, 3.05) is 12.1 Å². The molecule has 56 valence electrons. The normalized spacial score (nSPS) is 8.64. The first kappa shape index (κ1) is 7.58. The lowest BCUT2D eigenvalue weighted by atomic mass is 10.3. The second-order valence-corrected chi connectivity index (χ2v) is 1.91. The number of nitrogens with one attached hydrogen (secondary N) is 1. The molecule has 1 rings (SSSR count). The van der Waals surface area contributed by atoms with E-state index in [0.717, 1.165) is 5.69 Å². The van der Waals surface area contributed by atoms with Crippen LogP contribution in [0, 0.1) is 11.3 Å². The van der Waals surface area contributed by atoms with Gasteiger partial charge in [-0.1, -0.05) is 18.2 Å². The molecule has 0 radical (unpaired) electrons. The molecular formula is C8H8N2O. The van der Waals surface area contributed by atoms with Crippen molar-refractivity contribution in [2.45, 2.75) is 0 Å². The number of rotatable bonds is 3. The van der Waals surface area contributed by atoms with Crippen molar-refractivity contribution in [1.29, 1.82) is 5.26 Å². The molecule has 3 heteroatoms. The maximum Gasteiger partial charge on any atom is 0.161 e. The zero-order valence-electron chi connectivity index (χ0n) is 5.95. The molecule has 11 heavy (non-hydrogen) atoms. The number of hydrogen-bond donors (Lipinski definition) is 1. The molecule has 0 aromatic heterocycles. The van der Waals surface area contributed by atoms with Crippen molar-refractivity contribution in [2.24, 2.45) is 0 Å². The molecule has 0 atom stereocenters. The van der Waals surface area contributed by atoms with Gasteiger partial charge in [0.15, 0.2) is 6.61 Å². The lowest BCUT2D eigenvalue weighted by molar-refractivity contribution is 0.232. The summed E-state index contributed by atoms with van der Waals surface area (Å²) < 4.78 is 0. The van der Waals surface area contributed by atoms with Gasteiger partial charge in [0.05, 0.1) is 11.8 Å². The van der Waals surface area contributed by atoms with Gasteiger partial charge in [0, 0.05) is 0 Å². The minimum absolute atomic E-state index is 0.0505. The smallest absolute Gasteiger partial charge is 0.161 e. The van der Waals surface area contributed by atoms with Crippen LogP contribution < -0.4 is 5.48 Å². The summed E-state index contributed by atoms with van der Waals surface area (Å²) >= 11 is 0. The summed E-state index contributed by atoms with van der Waals surface area (Å²) in [5.41, 5.74) is 3.47. The van der Waals surface area contributed by atoms with Gasteiger partial charge in [0.25, 0.3) is 0 Å². The number of nitriles is 1. The van der Waals surface area contributed by atoms with Crippen LogP contribution in [-0.4, -0.2) is 6.61 Å². The van der Waals surface area contributed by atoms with E-state index < -0.39 is 0 Å². The molecule has 0 saturated heterocycles. The molecule has 0 amide bonds. The van der Waals surface area contributed by atoms with Crippen LogP contribution in [0.4, 0.5) is 5.69 Å². The third-order valence-electron chi connectivity index (χ3n) is 1.10. The Balaban J connectivity index is 2.35. The van der Waals surface area contributed by atoms with Gasteiger partial charge in [0.2, 0.25) is 0 Å². The third-order valence-corrected chi connectivity index (χ3v) is 1.10. The second-order valence-electron chi connectivity index (χ2n) is 1.91. The standard InChI is InChI=1S/C8H8N2O/c9-6-7-11-10-8-4-2-1-3-5-8/h1-5,10H,7H2. The fourth-order valence-electron chi connectivity index (χ4n) is 0.658. The lowest BCUT2D eigenvalue weighted by Crippen LogP contribution is -2.00. The molecule has 0 aliphatic rings. The van der Waals surface area contributed by atoms with Gasteiger partial charge in [-0.15, -0.1) is 0 Å². The first-order chi connectivity index (χ1) is 5.43. The van der Waals surface area contributed by atoms with Gasteiger partial charge < -0.3 is 0 Å². The minimum Gasteiger partial charge on any atom is -0.266 e. The van der Waals surface area contributed by atoms with Crippen LogP contribution >= 0.6 is 0 Å². The van der Waals surface area contributed by atoms with E-state index in [4.69, 9.17) is 10.1 Å². The molecule has 0 heterocycles. The summed E-state index contributed by atoms with van der Waals surface area (Å²) in [6.45, 7) is 0.0505. The Bertz CT molecular complexity index is 240. The number of para-hydroxylation sites is 1. The van der Waals surface area contributed by atoms with Crippen LogP contribution in [0.5, 0.6) is 0 Å². The first-order valence-electron chi connectivity index (χ1n) is 3.23. The van der Waals surface area contributed by atoms with Gasteiger partial charge in [-0.25, -0.2) is 0 Å². The van der Waals surface area contributed by atoms with E-state index in [-0.39, 0.29) is 6.61 Å². The van der Waals surface area contributed by atoms with E-state index in [9.17, 15) is 0 Å². The summed E-state index contributed by atoms with van der Waals surface area (Å²) in [4.78, 5) is 4.76. The maximum atomic E-state index is 8.13. The molecule has 0 aliphatic carbocycles. The summed E-state index contributed by atoms with van der Waals surface area (Å²) in [5, 5.41) is 8.13. The molecule has 0 aliphatic heterocycles. The highest BCUT2D eigenvalue weighted by molar-refractivity contribution is 5.39. The molecule has 0 fully saturated rings. The summed E-state index contributed by atoms with van der Waals surface area (Å²) in [6, 6.07) is 11.3. The predicted octanol–water partition coefficient (Wildman–Crippen LogP) is 1.55. The van der Waals surface area contributed by atoms with Crippen molar-refractivity contribution in [3.8, 4) is 6.07 Å². The Labute approximate surface area is 65.2 Å². The molecule has 1 aromatic carbocycles. The Morgan fingerprint density at radius 2 is 2.09 bits per heavy atom. The Morgan fingerprint density at radius 3 is 2.73 bits per heavy atom. The van der Waals surface area contributed by atoms with Crippen molar-refractivity contribution in [1.82, 2.24) is 0 Å². The van der Waals surface area contributed by atoms with E-state index in [1.165, 1.54) is 0 Å². The van der Waals surface area contributed by atoms with Crippen molar-refractivity contribution in [3.63, 3.8) is 0 Å². The lowest BCUT2D eigenvalue weighted by Gasteiger charge is -2.01. The average molecular weight is 148 g/mol. The predicted molar refractivity (Wildman–Crippen MR) is 41.6 cm³/mol. The van der Waals surface area contributed by atoms with Gasteiger partial charge >= 0.3 is 0 Å². The number of benzene rings is 1. The number of anilines is 1. The fraction of sp³-hybridized carbons (Fsp3) is 0.125. The molecular weight excluding hydrogens is 140 g/mol. The molecule has 1 N–H and O–H groups in total. The van der Waals surface area contributed by atoms with Crippen LogP contribution in [-0.2, 0) is 4.84 Å². The van der Waals surface area contributed by atoms with Gasteiger partial charge in [0.1, 0.15) is 0 Å². The Morgan fingerprint density at radius 1 is 1.36 bits per heavy atom. The second kappa shape index (κ2) is 4.31. The van der Waals surface area contributed by atoms with E-state index in [1.54, 1.807) is 0 Å². The van der Waals surface area contributed by atoms with Crippen LogP contribution in [0.3, 0.4) is 0 Å². The highest BCUT2D eigenvalue weighted by atomic mass is 16.6. The number of hydrogen-bond acceptors (Lipinski definition) is 3. The quantitative estimate of drug-likeness (QED) is 0.522. The van der Waals surface area contributed by atoms with Crippen LogP contribution in [0.1, 0.15) is 0 Å². The molecule has 0 bridgehead atoms. The van der Waals surface area contributed by atoms with Crippen LogP contribution in [0.2, 0.25) is 0 Å². The summed E-state index contributed by atoms with van der Waals surface area (Å²) in [5.74, 6) is 0. The van der Waals surface area contributed by atoms with Crippen LogP contribution in [0.15, 0.2) is 30.3 Å². The maximum absolute atomic E-state index is 8.13. The summed E-state index contributed by atoms with van der Waals surface area (Å²) in [6.07, 6.45) is 0. The highest BCUT2D eigenvalue weighted by Gasteiger charge is 1.86. The Hall–Kier alpha value is -1.53. The molecule has 0 spiro atoms. The highest BCUT2D eigenvalue weighted by Crippen LogP contribution is 2.03. The first-order valence-corrected chi connectivity index (χ1v) is 3.23. The van der Waals surface area contributed by atoms with Crippen molar-refractivity contribution < 1.29 is 4.84 Å². The molecule has 0 unspecified atom stereocenters. The van der Waals surface area contributed by atoms with E-state index in [2.05, 4.69) is 5.48 Å². The zero-order chi connectivity index (χ0) is 7.94.